The lowest BCUT2D eigenvalue weighted by molar-refractivity contribution is -0.136. The molecule has 6 heteroatoms. The molecule has 0 saturated heterocycles. The Labute approximate surface area is 127 Å². The Hall–Kier alpha value is -2.27. The first-order chi connectivity index (χ1) is 10.1. The summed E-state index contributed by atoms with van der Waals surface area (Å²) in [7, 11) is 1.37. The van der Waals surface area contributed by atoms with Crippen molar-refractivity contribution in [1.29, 1.82) is 0 Å². The molecule has 3 rings (SSSR count). The van der Waals surface area contributed by atoms with E-state index in [-0.39, 0.29) is 12.0 Å². The smallest absolute Gasteiger partial charge is 0.337 e. The molecule has 2 aromatic rings. The van der Waals surface area contributed by atoms with Gasteiger partial charge >= 0.3 is 5.97 Å². The monoisotopic (exact) mass is 303 g/mol. The number of nitrogens with one attached hydrogen (secondary N) is 1. The van der Waals surface area contributed by atoms with Crippen LogP contribution in [0.3, 0.4) is 0 Å². The number of anilines is 1. The molecule has 0 amide bonds. The Morgan fingerprint density at radius 2 is 2.19 bits per heavy atom. The molecule has 0 spiro atoms. The first-order valence-corrected chi connectivity index (χ1v) is 6.84. The zero-order valence-electron chi connectivity index (χ0n) is 11.6. The van der Waals surface area contributed by atoms with Crippen LogP contribution in [0, 0.1) is 0 Å². The third-order valence-corrected chi connectivity index (χ3v) is 3.87. The fourth-order valence-electron chi connectivity index (χ4n) is 2.57. The van der Waals surface area contributed by atoms with Crippen LogP contribution in [-0.2, 0) is 9.53 Å². The molecule has 1 aromatic heterocycles. The van der Waals surface area contributed by atoms with Gasteiger partial charge in [-0.2, -0.15) is 0 Å². The van der Waals surface area contributed by atoms with Crippen molar-refractivity contribution in [1.82, 2.24) is 9.55 Å². The molecule has 0 bridgehead atoms. The predicted molar refractivity (Wildman–Crippen MR) is 80.2 cm³/mol. The number of fused-ring (bicyclic) bond motifs is 1. The van der Waals surface area contributed by atoms with Crippen molar-refractivity contribution in [2.24, 2.45) is 0 Å². The normalized spacial score (nSPS) is 17.2. The van der Waals surface area contributed by atoms with E-state index in [0.29, 0.717) is 22.2 Å². The molecule has 1 aliphatic rings. The number of hydrogen-bond acceptors (Lipinski definition) is 4. The van der Waals surface area contributed by atoms with Crippen LogP contribution < -0.4 is 5.32 Å². The van der Waals surface area contributed by atoms with Gasteiger partial charge in [0, 0.05) is 23.1 Å². The van der Waals surface area contributed by atoms with E-state index < -0.39 is 0 Å². The molecule has 0 aliphatic carbocycles. The molecule has 2 heterocycles. The third-order valence-electron chi connectivity index (χ3n) is 3.53. The maximum absolute atomic E-state index is 12.2. The zero-order valence-corrected chi connectivity index (χ0v) is 12.4. The second-order valence-corrected chi connectivity index (χ2v) is 5.14. The van der Waals surface area contributed by atoms with Crippen LogP contribution in [0.4, 0.5) is 5.95 Å². The summed E-state index contributed by atoms with van der Waals surface area (Å²) in [5.41, 5.74) is 2.07. The third kappa shape index (κ3) is 2.19. The highest BCUT2D eigenvalue weighted by molar-refractivity contribution is 6.31. The number of allylic oxidation sites excluding steroid dienone is 1. The minimum Gasteiger partial charge on any atom is -0.466 e. The molecule has 21 heavy (non-hydrogen) atoms. The van der Waals surface area contributed by atoms with Crippen LogP contribution in [-0.4, -0.2) is 22.6 Å². The van der Waals surface area contributed by atoms with Crippen LogP contribution in [0.1, 0.15) is 18.5 Å². The van der Waals surface area contributed by atoms with E-state index >= 15 is 0 Å². The molecule has 0 saturated carbocycles. The molecule has 1 unspecified atom stereocenters. The number of rotatable bonds is 2. The van der Waals surface area contributed by atoms with Gasteiger partial charge in [0.1, 0.15) is 0 Å². The number of carbonyl (C=O) groups excluding carboxylic acids is 1. The van der Waals surface area contributed by atoms with Crippen LogP contribution >= 0.6 is 11.6 Å². The van der Waals surface area contributed by atoms with E-state index in [1.807, 2.05) is 35.9 Å². The van der Waals surface area contributed by atoms with Gasteiger partial charge in [-0.15, -0.1) is 0 Å². The second kappa shape index (κ2) is 5.26. The lowest BCUT2D eigenvalue weighted by atomic mass is 9.95. The highest BCUT2D eigenvalue weighted by Gasteiger charge is 2.33. The van der Waals surface area contributed by atoms with Crippen molar-refractivity contribution >= 4 is 23.5 Å². The van der Waals surface area contributed by atoms with E-state index in [1.165, 1.54) is 7.11 Å². The standard InChI is InChI=1S/C15H14ClN3O2/c1-9-12(14(20)21-2)13(10-5-3-4-6-11(10)16)19-8-7-17-15(19)18-9/h3-8,13H,1-2H3,(H,17,18). The number of aromatic nitrogens is 2. The summed E-state index contributed by atoms with van der Waals surface area (Å²) in [6, 6.07) is 7.10. The minimum absolute atomic E-state index is 0.357. The number of esters is 1. The van der Waals surface area contributed by atoms with Crippen LogP contribution in [0.25, 0.3) is 0 Å². The molecular formula is C15H14ClN3O2. The molecular weight excluding hydrogens is 290 g/mol. The lowest BCUT2D eigenvalue weighted by Crippen LogP contribution is -2.28. The summed E-state index contributed by atoms with van der Waals surface area (Å²) in [4.78, 5) is 16.5. The maximum Gasteiger partial charge on any atom is 0.337 e. The van der Waals surface area contributed by atoms with Gasteiger partial charge in [0.05, 0.1) is 18.7 Å². The van der Waals surface area contributed by atoms with Gasteiger partial charge in [-0.1, -0.05) is 29.8 Å². The Kier molecular flexibility index (Phi) is 3.43. The molecule has 5 nitrogen and oxygen atoms in total. The van der Waals surface area contributed by atoms with Crippen LogP contribution in [0.15, 0.2) is 47.9 Å². The van der Waals surface area contributed by atoms with Gasteiger partial charge < -0.3 is 14.6 Å². The van der Waals surface area contributed by atoms with E-state index in [2.05, 4.69) is 10.3 Å². The Balaban J connectivity index is 2.23. The Bertz CT molecular complexity index is 736. The summed E-state index contributed by atoms with van der Waals surface area (Å²) in [6.07, 6.45) is 3.49. The van der Waals surface area contributed by atoms with Crippen LogP contribution in [0.5, 0.6) is 0 Å². The number of hydrogen-bond donors (Lipinski definition) is 1. The van der Waals surface area contributed by atoms with Gasteiger partial charge in [0.25, 0.3) is 0 Å². The lowest BCUT2D eigenvalue weighted by Gasteiger charge is -2.29. The SMILES string of the molecule is COC(=O)C1=C(C)Nc2nccn2C1c1ccccc1Cl. The summed E-state index contributed by atoms with van der Waals surface area (Å²) >= 11 is 6.32. The fraction of sp³-hybridized carbons (Fsp3) is 0.200. The van der Waals surface area contributed by atoms with Crippen molar-refractivity contribution in [2.45, 2.75) is 13.0 Å². The minimum atomic E-state index is -0.385. The van der Waals surface area contributed by atoms with Crippen molar-refractivity contribution < 1.29 is 9.53 Å². The number of nitrogens with zero attached hydrogens (tertiary/aromatic N) is 2. The van der Waals surface area contributed by atoms with Crippen molar-refractivity contribution in [2.75, 3.05) is 12.4 Å². The van der Waals surface area contributed by atoms with E-state index in [1.54, 1.807) is 12.3 Å². The van der Waals surface area contributed by atoms with Gasteiger partial charge in [-0.3, -0.25) is 0 Å². The predicted octanol–water partition coefficient (Wildman–Crippen LogP) is 3.00. The molecule has 0 radical (unpaired) electrons. The molecule has 1 atom stereocenters. The Morgan fingerprint density at radius 1 is 1.43 bits per heavy atom. The number of halogens is 1. The van der Waals surface area contributed by atoms with E-state index in [0.717, 1.165) is 5.56 Å². The number of carbonyl (C=O) groups is 1. The highest BCUT2D eigenvalue weighted by Crippen LogP contribution is 2.38. The van der Waals surface area contributed by atoms with Crippen molar-refractivity contribution in [3.8, 4) is 0 Å². The summed E-state index contributed by atoms with van der Waals surface area (Å²) in [5.74, 6) is 0.286. The molecule has 1 aliphatic heterocycles. The number of methoxy groups -OCH3 is 1. The van der Waals surface area contributed by atoms with Gasteiger partial charge in [-0.25, -0.2) is 9.78 Å². The molecule has 1 N–H and O–H groups in total. The Morgan fingerprint density at radius 3 is 2.90 bits per heavy atom. The first-order valence-electron chi connectivity index (χ1n) is 6.47. The maximum atomic E-state index is 12.2. The number of benzene rings is 1. The summed E-state index contributed by atoms with van der Waals surface area (Å²) in [6.45, 7) is 1.83. The quantitative estimate of drug-likeness (QED) is 0.867. The zero-order chi connectivity index (χ0) is 15.0. The average Bonchev–Trinajstić information content (AvgIpc) is 2.93. The number of ether oxygens (including phenoxy) is 1. The number of imidazole rings is 1. The molecule has 0 fully saturated rings. The van der Waals surface area contributed by atoms with E-state index in [9.17, 15) is 4.79 Å². The largest absolute Gasteiger partial charge is 0.466 e. The van der Waals surface area contributed by atoms with Gasteiger partial charge in [0.2, 0.25) is 5.95 Å². The van der Waals surface area contributed by atoms with Crippen LogP contribution in [0.2, 0.25) is 5.02 Å². The first kappa shape index (κ1) is 13.7. The molecule has 108 valence electrons. The van der Waals surface area contributed by atoms with E-state index in [4.69, 9.17) is 16.3 Å². The molecule has 1 aromatic carbocycles. The average molecular weight is 304 g/mol. The summed E-state index contributed by atoms with van der Waals surface area (Å²) < 4.78 is 6.81. The second-order valence-electron chi connectivity index (χ2n) is 4.74. The highest BCUT2D eigenvalue weighted by atomic mass is 35.5. The van der Waals surface area contributed by atoms with Gasteiger partial charge in [-0.05, 0) is 18.6 Å². The van der Waals surface area contributed by atoms with Crippen molar-refractivity contribution in [3.63, 3.8) is 0 Å². The van der Waals surface area contributed by atoms with Gasteiger partial charge in [0.15, 0.2) is 0 Å². The topological polar surface area (TPSA) is 56.1 Å². The van der Waals surface area contributed by atoms with Crippen molar-refractivity contribution in [3.05, 3.63) is 58.5 Å². The summed E-state index contributed by atoms with van der Waals surface area (Å²) in [5, 5.41) is 3.71. The fourth-order valence-corrected chi connectivity index (χ4v) is 2.81.